The Labute approximate surface area is 104 Å². The monoisotopic (exact) mass is 278 g/mol. The molecule has 1 atom stereocenters. The van der Waals surface area contributed by atoms with Gasteiger partial charge < -0.3 is 9.47 Å². The summed E-state index contributed by atoms with van der Waals surface area (Å²) in [5.74, 6) is 1.08. The van der Waals surface area contributed by atoms with Gasteiger partial charge in [-0.1, -0.05) is 11.6 Å². The van der Waals surface area contributed by atoms with E-state index in [0.717, 1.165) is 6.26 Å². The van der Waals surface area contributed by atoms with Crippen LogP contribution in [0.5, 0.6) is 11.5 Å². The van der Waals surface area contributed by atoms with Gasteiger partial charge in [-0.15, -0.1) is 0 Å². The molecule has 5 nitrogen and oxygen atoms in total. The first kappa shape index (κ1) is 12.5. The average molecular weight is 279 g/mol. The third-order valence-corrected chi connectivity index (χ3v) is 2.89. The molecule has 0 saturated heterocycles. The maximum absolute atomic E-state index is 10.8. The fourth-order valence-electron chi connectivity index (χ4n) is 1.37. The van der Waals surface area contributed by atoms with E-state index in [9.17, 15) is 8.42 Å². The van der Waals surface area contributed by atoms with Crippen LogP contribution in [0.4, 0.5) is 0 Å². The van der Waals surface area contributed by atoms with Crippen molar-refractivity contribution in [1.82, 2.24) is 0 Å². The molecule has 0 saturated carbocycles. The molecule has 0 amide bonds. The molecular formula is C10H11ClO5S. The van der Waals surface area contributed by atoms with Crippen molar-refractivity contribution in [3.05, 3.63) is 23.2 Å². The number of benzene rings is 1. The van der Waals surface area contributed by atoms with E-state index >= 15 is 0 Å². The predicted octanol–water partition coefficient (Wildman–Crippen LogP) is 1.46. The van der Waals surface area contributed by atoms with E-state index < -0.39 is 16.2 Å². The number of fused-ring (bicyclic) bond motifs is 1. The smallest absolute Gasteiger partial charge is 0.264 e. The van der Waals surface area contributed by atoms with Crippen molar-refractivity contribution in [1.29, 1.82) is 0 Å². The number of halogens is 1. The second kappa shape index (κ2) is 4.72. The topological polar surface area (TPSA) is 61.8 Å². The fraction of sp³-hybridized carbons (Fsp3) is 0.400. The number of hydrogen-bond acceptors (Lipinski definition) is 5. The molecule has 1 aromatic carbocycles. The summed E-state index contributed by atoms with van der Waals surface area (Å²) in [6.45, 7) is 0.162. The van der Waals surface area contributed by atoms with Crippen LogP contribution in [0.15, 0.2) is 18.2 Å². The molecule has 1 aliphatic heterocycles. The quantitative estimate of drug-likeness (QED) is 0.783. The fourth-order valence-corrected chi connectivity index (χ4v) is 1.93. The molecule has 1 aromatic rings. The zero-order chi connectivity index (χ0) is 12.5. The van der Waals surface area contributed by atoms with Gasteiger partial charge in [-0.05, 0) is 12.1 Å². The van der Waals surface area contributed by atoms with Crippen LogP contribution in [0.2, 0.25) is 5.02 Å². The molecule has 0 fully saturated rings. The lowest BCUT2D eigenvalue weighted by Crippen LogP contribution is -2.34. The molecule has 1 unspecified atom stereocenters. The Kier molecular flexibility index (Phi) is 3.46. The highest BCUT2D eigenvalue weighted by molar-refractivity contribution is 7.85. The van der Waals surface area contributed by atoms with Gasteiger partial charge in [0.25, 0.3) is 10.1 Å². The van der Waals surface area contributed by atoms with Crippen molar-refractivity contribution in [3.63, 3.8) is 0 Å². The molecule has 94 valence electrons. The predicted molar refractivity (Wildman–Crippen MR) is 62.2 cm³/mol. The molecule has 0 aromatic heterocycles. The summed E-state index contributed by atoms with van der Waals surface area (Å²) in [4.78, 5) is 0. The number of rotatable bonds is 3. The summed E-state index contributed by atoms with van der Waals surface area (Å²) in [6, 6.07) is 5.01. The van der Waals surface area contributed by atoms with Gasteiger partial charge in [0.2, 0.25) is 0 Å². The molecule has 2 rings (SSSR count). The van der Waals surface area contributed by atoms with Gasteiger partial charge in [-0.2, -0.15) is 8.42 Å². The van der Waals surface area contributed by atoms with Crippen LogP contribution in [0, 0.1) is 0 Å². The highest BCUT2D eigenvalue weighted by atomic mass is 35.5. The zero-order valence-electron chi connectivity index (χ0n) is 9.05. The Morgan fingerprint density at radius 1 is 1.47 bits per heavy atom. The standard InChI is InChI=1S/C10H11ClO5S/c1-17(12,13)15-6-8-5-14-9-3-2-7(11)4-10(9)16-8/h2-4,8H,5-6H2,1H3. The minimum Gasteiger partial charge on any atom is -0.486 e. The lowest BCUT2D eigenvalue weighted by Gasteiger charge is -2.26. The van der Waals surface area contributed by atoms with Gasteiger partial charge in [0.1, 0.15) is 13.2 Å². The largest absolute Gasteiger partial charge is 0.486 e. The Hall–Kier alpha value is -0.980. The van der Waals surface area contributed by atoms with Crippen LogP contribution in [0.1, 0.15) is 0 Å². The molecule has 0 spiro atoms. The lowest BCUT2D eigenvalue weighted by atomic mass is 10.2. The van der Waals surface area contributed by atoms with E-state index in [2.05, 4.69) is 4.18 Å². The zero-order valence-corrected chi connectivity index (χ0v) is 10.6. The summed E-state index contributed by atoms with van der Waals surface area (Å²) in [7, 11) is -3.47. The first-order valence-corrected chi connectivity index (χ1v) is 7.07. The molecular weight excluding hydrogens is 268 g/mol. The van der Waals surface area contributed by atoms with E-state index in [1.54, 1.807) is 18.2 Å². The number of ether oxygens (including phenoxy) is 2. The lowest BCUT2D eigenvalue weighted by molar-refractivity contribution is 0.0558. The summed E-state index contributed by atoms with van der Waals surface area (Å²) in [5, 5.41) is 0.525. The Morgan fingerprint density at radius 3 is 2.94 bits per heavy atom. The average Bonchev–Trinajstić information content (AvgIpc) is 2.24. The molecule has 1 aliphatic rings. The SMILES string of the molecule is CS(=O)(=O)OCC1COc2ccc(Cl)cc2O1. The Bertz CT molecular complexity index is 513. The summed E-state index contributed by atoms with van der Waals surface area (Å²) in [5.41, 5.74) is 0. The van der Waals surface area contributed by atoms with E-state index in [0.29, 0.717) is 16.5 Å². The van der Waals surface area contributed by atoms with Crippen molar-refractivity contribution < 1.29 is 22.1 Å². The highest BCUT2D eigenvalue weighted by Gasteiger charge is 2.22. The van der Waals surface area contributed by atoms with Gasteiger partial charge in [-0.25, -0.2) is 0 Å². The van der Waals surface area contributed by atoms with Gasteiger partial charge in [0, 0.05) is 11.1 Å². The maximum atomic E-state index is 10.8. The van der Waals surface area contributed by atoms with Crippen molar-refractivity contribution in [2.45, 2.75) is 6.10 Å². The molecule has 7 heteroatoms. The van der Waals surface area contributed by atoms with E-state index in [1.165, 1.54) is 0 Å². The van der Waals surface area contributed by atoms with Crippen molar-refractivity contribution in [2.75, 3.05) is 19.5 Å². The van der Waals surface area contributed by atoms with Crippen LogP contribution in [-0.2, 0) is 14.3 Å². The van der Waals surface area contributed by atoms with Crippen LogP contribution < -0.4 is 9.47 Å². The van der Waals surface area contributed by atoms with Gasteiger partial charge in [-0.3, -0.25) is 4.18 Å². The molecule has 0 aliphatic carbocycles. The van der Waals surface area contributed by atoms with Crippen LogP contribution in [0.3, 0.4) is 0 Å². The normalized spacial score (nSPS) is 19.1. The first-order valence-electron chi connectivity index (χ1n) is 4.87. The summed E-state index contributed by atoms with van der Waals surface area (Å²) < 4.78 is 37.2. The van der Waals surface area contributed by atoms with Crippen molar-refractivity contribution >= 4 is 21.7 Å². The minimum atomic E-state index is -3.47. The summed E-state index contributed by atoms with van der Waals surface area (Å²) >= 11 is 5.81. The van der Waals surface area contributed by atoms with E-state index in [-0.39, 0.29) is 13.2 Å². The molecule has 0 bridgehead atoms. The van der Waals surface area contributed by atoms with E-state index in [1.807, 2.05) is 0 Å². The third kappa shape index (κ3) is 3.49. The van der Waals surface area contributed by atoms with E-state index in [4.69, 9.17) is 21.1 Å². The van der Waals surface area contributed by atoms with Gasteiger partial charge >= 0.3 is 0 Å². The van der Waals surface area contributed by atoms with Crippen LogP contribution in [-0.4, -0.2) is 34.0 Å². The van der Waals surface area contributed by atoms with Gasteiger partial charge in [0.15, 0.2) is 17.6 Å². The van der Waals surface area contributed by atoms with Crippen molar-refractivity contribution in [2.24, 2.45) is 0 Å². The highest BCUT2D eigenvalue weighted by Crippen LogP contribution is 2.34. The first-order chi connectivity index (χ1) is 7.94. The Morgan fingerprint density at radius 2 is 2.24 bits per heavy atom. The maximum Gasteiger partial charge on any atom is 0.264 e. The second-order valence-electron chi connectivity index (χ2n) is 3.63. The van der Waals surface area contributed by atoms with Gasteiger partial charge in [0.05, 0.1) is 6.26 Å². The molecule has 1 heterocycles. The third-order valence-electron chi connectivity index (χ3n) is 2.09. The minimum absolute atomic E-state index is 0.0786. The van der Waals surface area contributed by atoms with Crippen LogP contribution in [0.25, 0.3) is 0 Å². The number of hydrogen-bond donors (Lipinski definition) is 0. The molecule has 0 N–H and O–H groups in total. The second-order valence-corrected chi connectivity index (χ2v) is 5.71. The summed E-state index contributed by atoms with van der Waals surface area (Å²) in [6.07, 6.45) is 0.525. The van der Waals surface area contributed by atoms with Crippen LogP contribution >= 0.6 is 11.6 Å². The Balaban J connectivity index is 2.03. The molecule has 0 radical (unpaired) electrons. The van der Waals surface area contributed by atoms with Crippen molar-refractivity contribution in [3.8, 4) is 11.5 Å². The molecule has 17 heavy (non-hydrogen) atoms.